The van der Waals surface area contributed by atoms with Crippen molar-refractivity contribution in [2.45, 2.75) is 6.92 Å². The lowest BCUT2D eigenvalue weighted by molar-refractivity contribution is -0.132. The molecule has 3 aromatic rings. The van der Waals surface area contributed by atoms with Crippen LogP contribution in [0.3, 0.4) is 0 Å². The normalized spacial score (nSPS) is 11.1. The quantitative estimate of drug-likeness (QED) is 0.281. The molecule has 0 radical (unpaired) electrons. The Labute approximate surface area is 186 Å². The van der Waals surface area contributed by atoms with E-state index in [4.69, 9.17) is 21.1 Å². The molecule has 0 bridgehead atoms. The highest BCUT2D eigenvalue weighted by Gasteiger charge is 2.24. The number of ether oxygens (including phenoxy) is 3. The zero-order valence-corrected chi connectivity index (χ0v) is 17.8. The van der Waals surface area contributed by atoms with Crippen LogP contribution in [0.15, 0.2) is 47.9 Å². The maximum atomic E-state index is 15.0. The minimum Gasteiger partial charge on any atom is -0.464 e. The fourth-order valence-corrected chi connectivity index (χ4v) is 2.71. The van der Waals surface area contributed by atoms with Crippen LogP contribution in [0.4, 0.5) is 8.78 Å². The van der Waals surface area contributed by atoms with E-state index in [2.05, 4.69) is 24.7 Å². The predicted octanol–water partition coefficient (Wildman–Crippen LogP) is 4.82. The van der Waals surface area contributed by atoms with Crippen molar-refractivity contribution in [1.82, 2.24) is 9.97 Å². The van der Waals surface area contributed by atoms with Crippen LogP contribution in [0.25, 0.3) is 0 Å². The summed E-state index contributed by atoms with van der Waals surface area (Å²) in [6, 6.07) is 8.04. The number of esters is 1. The zero-order chi connectivity index (χ0) is 23.3. The lowest BCUT2D eigenvalue weighted by Gasteiger charge is -2.13. The van der Waals surface area contributed by atoms with Gasteiger partial charge in [0.2, 0.25) is 5.82 Å². The summed E-state index contributed by atoms with van der Waals surface area (Å²) in [6.45, 7) is 1.69. The number of hydrogen-bond donors (Lipinski definition) is 0. The minimum atomic E-state index is -1.06. The maximum Gasteiger partial charge on any atom is 0.360 e. The van der Waals surface area contributed by atoms with Gasteiger partial charge in [-0.1, -0.05) is 22.8 Å². The molecule has 0 aliphatic carbocycles. The summed E-state index contributed by atoms with van der Waals surface area (Å²) in [6.07, 6.45) is 0.997. The first-order chi connectivity index (χ1) is 15.3. The third-order valence-electron chi connectivity index (χ3n) is 4.12. The van der Waals surface area contributed by atoms with Crippen LogP contribution in [0.5, 0.6) is 23.3 Å². The molecule has 11 heteroatoms. The number of nitrogens with zero attached hydrogens (tertiary/aromatic N) is 3. The number of aromatic nitrogens is 2. The van der Waals surface area contributed by atoms with Gasteiger partial charge < -0.3 is 19.0 Å². The van der Waals surface area contributed by atoms with Gasteiger partial charge >= 0.3 is 5.97 Å². The Kier molecular flexibility index (Phi) is 7.16. The van der Waals surface area contributed by atoms with Gasteiger partial charge in [-0.15, -0.1) is 0 Å². The molecule has 0 aliphatic heterocycles. The number of rotatable bonds is 7. The van der Waals surface area contributed by atoms with Gasteiger partial charge in [0.25, 0.3) is 11.8 Å². The van der Waals surface area contributed by atoms with Gasteiger partial charge in [0, 0.05) is 16.7 Å². The smallest absolute Gasteiger partial charge is 0.360 e. The molecule has 166 valence electrons. The second-order valence-electron chi connectivity index (χ2n) is 6.12. The lowest BCUT2D eigenvalue weighted by Crippen LogP contribution is -2.18. The summed E-state index contributed by atoms with van der Waals surface area (Å²) in [5, 5.41) is 4.01. The molecular weight excluding hydrogens is 448 g/mol. The van der Waals surface area contributed by atoms with E-state index in [0.29, 0.717) is 10.6 Å². The number of carbonyl (C=O) groups is 1. The van der Waals surface area contributed by atoms with Crippen molar-refractivity contribution in [1.29, 1.82) is 0 Å². The monoisotopic (exact) mass is 463 g/mol. The van der Waals surface area contributed by atoms with E-state index in [9.17, 15) is 9.18 Å². The maximum absolute atomic E-state index is 15.0. The Morgan fingerprint density at radius 1 is 1.03 bits per heavy atom. The van der Waals surface area contributed by atoms with Crippen molar-refractivity contribution >= 4 is 23.3 Å². The van der Waals surface area contributed by atoms with E-state index >= 15 is 4.39 Å². The SMILES string of the molecule is CON=C(C(=O)OC)c1ccc(F)cc1Oc1ncnc(Oc2cccc(Cl)c2C)c1F. The molecule has 0 fully saturated rings. The molecule has 0 saturated carbocycles. The lowest BCUT2D eigenvalue weighted by atomic mass is 10.1. The Bertz CT molecular complexity index is 1190. The summed E-state index contributed by atoms with van der Waals surface area (Å²) in [7, 11) is 2.33. The second kappa shape index (κ2) is 10.0. The van der Waals surface area contributed by atoms with Crippen molar-refractivity contribution in [3.8, 4) is 23.3 Å². The van der Waals surface area contributed by atoms with Gasteiger partial charge in [-0.2, -0.15) is 14.4 Å². The summed E-state index contributed by atoms with van der Waals surface area (Å²) < 4.78 is 44.6. The molecule has 0 amide bonds. The van der Waals surface area contributed by atoms with Gasteiger partial charge in [-0.3, -0.25) is 0 Å². The van der Waals surface area contributed by atoms with Crippen molar-refractivity contribution in [3.63, 3.8) is 0 Å². The van der Waals surface area contributed by atoms with Crippen LogP contribution < -0.4 is 9.47 Å². The molecule has 2 aromatic carbocycles. The van der Waals surface area contributed by atoms with Gasteiger partial charge in [0.05, 0.1) is 12.7 Å². The molecule has 0 unspecified atom stereocenters. The molecule has 1 aromatic heterocycles. The van der Waals surface area contributed by atoms with Crippen LogP contribution in [0.1, 0.15) is 11.1 Å². The van der Waals surface area contributed by atoms with E-state index in [0.717, 1.165) is 25.6 Å². The molecule has 8 nitrogen and oxygen atoms in total. The van der Waals surface area contributed by atoms with Gasteiger partial charge in [0.15, 0.2) is 5.71 Å². The summed E-state index contributed by atoms with van der Waals surface area (Å²) in [5.74, 6) is -3.69. The molecule has 0 aliphatic rings. The first-order valence-corrected chi connectivity index (χ1v) is 9.34. The molecular formula is C21H16ClF2N3O5. The molecule has 1 heterocycles. The summed E-state index contributed by atoms with van der Waals surface area (Å²) in [5.41, 5.74) is 0.220. The molecule has 0 spiro atoms. The number of benzene rings is 2. The van der Waals surface area contributed by atoms with Gasteiger partial charge in [-0.05, 0) is 31.2 Å². The van der Waals surface area contributed by atoms with Crippen LogP contribution in [-0.4, -0.2) is 35.9 Å². The Hall–Kier alpha value is -3.79. The van der Waals surface area contributed by atoms with E-state index in [1.807, 2.05) is 0 Å². The van der Waals surface area contributed by atoms with E-state index in [-0.39, 0.29) is 22.8 Å². The molecule has 32 heavy (non-hydrogen) atoms. The highest BCUT2D eigenvalue weighted by atomic mass is 35.5. The fraction of sp³-hybridized carbons (Fsp3) is 0.143. The Morgan fingerprint density at radius 3 is 2.38 bits per heavy atom. The molecule has 0 N–H and O–H groups in total. The Balaban J connectivity index is 2.00. The number of halogens is 3. The Morgan fingerprint density at radius 2 is 1.72 bits per heavy atom. The average molecular weight is 464 g/mol. The third-order valence-corrected chi connectivity index (χ3v) is 4.53. The number of oxime groups is 1. The van der Waals surface area contributed by atoms with Crippen LogP contribution in [0, 0.1) is 18.6 Å². The molecule has 0 saturated heterocycles. The first kappa shape index (κ1) is 22.9. The highest BCUT2D eigenvalue weighted by Crippen LogP contribution is 2.34. The van der Waals surface area contributed by atoms with Crippen LogP contribution >= 0.6 is 11.6 Å². The largest absolute Gasteiger partial charge is 0.464 e. The summed E-state index contributed by atoms with van der Waals surface area (Å²) >= 11 is 6.06. The van der Waals surface area contributed by atoms with E-state index in [1.54, 1.807) is 25.1 Å². The van der Waals surface area contributed by atoms with E-state index in [1.165, 1.54) is 13.2 Å². The molecule has 0 atom stereocenters. The van der Waals surface area contributed by atoms with Crippen LogP contribution in [0.2, 0.25) is 5.02 Å². The number of hydrogen-bond acceptors (Lipinski definition) is 8. The fourth-order valence-electron chi connectivity index (χ4n) is 2.55. The van der Waals surface area contributed by atoms with Gasteiger partial charge in [-0.25, -0.2) is 9.18 Å². The van der Waals surface area contributed by atoms with Crippen LogP contribution in [-0.2, 0) is 14.4 Å². The summed E-state index contributed by atoms with van der Waals surface area (Å²) in [4.78, 5) is 24.2. The minimum absolute atomic E-state index is 0.0220. The van der Waals surface area contributed by atoms with Crippen molar-refractivity contribution in [3.05, 3.63) is 70.5 Å². The number of methoxy groups -OCH3 is 1. The first-order valence-electron chi connectivity index (χ1n) is 8.96. The standard InChI is InChI=1S/C21H16ClF2N3O5/c1-11-14(22)5-4-6-15(11)31-19-17(24)20(26-10-25-19)32-16-9-12(23)7-8-13(16)18(27-30-3)21(28)29-2/h4-10H,1-3H3. The van der Waals surface area contributed by atoms with Crippen molar-refractivity contribution in [2.24, 2.45) is 5.16 Å². The highest BCUT2D eigenvalue weighted by molar-refractivity contribution is 6.43. The third kappa shape index (κ3) is 4.92. The topological polar surface area (TPSA) is 92.1 Å². The van der Waals surface area contributed by atoms with Gasteiger partial charge in [0.1, 0.15) is 30.8 Å². The molecule has 3 rings (SSSR count). The predicted molar refractivity (Wildman–Crippen MR) is 110 cm³/mol. The zero-order valence-electron chi connectivity index (χ0n) is 17.1. The second-order valence-corrected chi connectivity index (χ2v) is 6.53. The van der Waals surface area contributed by atoms with Crippen molar-refractivity contribution < 1.29 is 32.6 Å². The number of carbonyl (C=O) groups excluding carboxylic acids is 1. The average Bonchev–Trinajstić information content (AvgIpc) is 2.78. The van der Waals surface area contributed by atoms with Crippen molar-refractivity contribution in [2.75, 3.05) is 14.2 Å². The van der Waals surface area contributed by atoms with E-state index < -0.39 is 29.4 Å².